The Morgan fingerprint density at radius 1 is 1.16 bits per heavy atom. The van der Waals surface area contributed by atoms with Crippen molar-refractivity contribution in [1.82, 2.24) is 5.32 Å². The Kier molecular flexibility index (Phi) is 4.56. The fourth-order valence-corrected chi connectivity index (χ4v) is 2.45. The second-order valence-corrected chi connectivity index (χ2v) is 5.05. The Hall–Kier alpha value is -1.39. The first-order valence-corrected chi connectivity index (χ1v) is 6.71. The average molecular weight is 324 g/mol. The third-order valence-electron chi connectivity index (χ3n) is 3.01. The van der Waals surface area contributed by atoms with Crippen LogP contribution in [0.3, 0.4) is 0 Å². The zero-order valence-electron chi connectivity index (χ0n) is 10.8. The number of nitrogens with one attached hydrogen (secondary N) is 1. The van der Waals surface area contributed by atoms with Crippen molar-refractivity contribution >= 4 is 15.9 Å². The minimum atomic E-state index is -0.250. The summed E-state index contributed by atoms with van der Waals surface area (Å²) in [5.41, 5.74) is 1.50. The Morgan fingerprint density at radius 3 is 2.53 bits per heavy atom. The van der Waals surface area contributed by atoms with Crippen molar-refractivity contribution in [2.24, 2.45) is 0 Å². The molecule has 1 N–H and O–H groups in total. The van der Waals surface area contributed by atoms with Gasteiger partial charge in [0.05, 0.1) is 13.2 Å². The molecule has 0 saturated carbocycles. The van der Waals surface area contributed by atoms with Gasteiger partial charge in [0, 0.05) is 15.6 Å². The van der Waals surface area contributed by atoms with E-state index in [1.807, 2.05) is 30.3 Å². The number of rotatable bonds is 4. The van der Waals surface area contributed by atoms with Crippen LogP contribution in [-0.2, 0) is 0 Å². The summed E-state index contributed by atoms with van der Waals surface area (Å²) >= 11 is 3.27. The molecule has 0 bridgehead atoms. The fraction of sp³-hybridized carbons (Fsp3) is 0.200. The van der Waals surface area contributed by atoms with Crippen LogP contribution in [0.4, 0.5) is 4.39 Å². The van der Waals surface area contributed by atoms with Crippen LogP contribution in [0, 0.1) is 5.82 Å². The fourth-order valence-electron chi connectivity index (χ4n) is 2.12. The summed E-state index contributed by atoms with van der Waals surface area (Å²) in [6.45, 7) is 0. The van der Waals surface area contributed by atoms with Crippen LogP contribution < -0.4 is 10.1 Å². The van der Waals surface area contributed by atoms with Gasteiger partial charge in [0.1, 0.15) is 11.6 Å². The maximum atomic E-state index is 14.1. The van der Waals surface area contributed by atoms with Gasteiger partial charge in [-0.2, -0.15) is 0 Å². The summed E-state index contributed by atoms with van der Waals surface area (Å²) in [4.78, 5) is 0. The molecule has 2 rings (SSSR count). The Morgan fingerprint density at radius 2 is 1.89 bits per heavy atom. The lowest BCUT2D eigenvalue weighted by atomic mass is 9.97. The topological polar surface area (TPSA) is 21.3 Å². The van der Waals surface area contributed by atoms with Gasteiger partial charge in [-0.15, -0.1) is 0 Å². The van der Waals surface area contributed by atoms with E-state index in [1.165, 1.54) is 6.07 Å². The zero-order chi connectivity index (χ0) is 13.8. The monoisotopic (exact) mass is 323 g/mol. The highest BCUT2D eigenvalue weighted by Gasteiger charge is 2.19. The van der Waals surface area contributed by atoms with E-state index in [-0.39, 0.29) is 11.9 Å². The number of ether oxygens (including phenoxy) is 1. The molecule has 0 heterocycles. The predicted molar refractivity (Wildman–Crippen MR) is 78.0 cm³/mol. The van der Waals surface area contributed by atoms with E-state index < -0.39 is 0 Å². The van der Waals surface area contributed by atoms with Gasteiger partial charge >= 0.3 is 0 Å². The van der Waals surface area contributed by atoms with Gasteiger partial charge in [-0.3, -0.25) is 0 Å². The molecule has 2 aromatic rings. The van der Waals surface area contributed by atoms with Gasteiger partial charge in [-0.25, -0.2) is 4.39 Å². The summed E-state index contributed by atoms with van der Waals surface area (Å²) in [7, 11) is 3.42. The molecule has 100 valence electrons. The van der Waals surface area contributed by atoms with Crippen molar-refractivity contribution in [2.75, 3.05) is 14.2 Å². The summed E-state index contributed by atoms with van der Waals surface area (Å²) in [5.74, 6) is 0.490. The summed E-state index contributed by atoms with van der Waals surface area (Å²) < 4.78 is 20.2. The van der Waals surface area contributed by atoms with Crippen molar-refractivity contribution < 1.29 is 9.13 Å². The van der Waals surface area contributed by atoms with Gasteiger partial charge in [-0.1, -0.05) is 40.2 Å². The molecule has 0 radical (unpaired) electrons. The zero-order valence-corrected chi connectivity index (χ0v) is 12.4. The lowest BCUT2D eigenvalue weighted by Gasteiger charge is -2.20. The number of benzene rings is 2. The quantitative estimate of drug-likeness (QED) is 0.921. The molecular weight excluding hydrogens is 309 g/mol. The van der Waals surface area contributed by atoms with E-state index in [2.05, 4.69) is 21.2 Å². The molecule has 0 amide bonds. The van der Waals surface area contributed by atoms with Crippen molar-refractivity contribution in [3.63, 3.8) is 0 Å². The minimum Gasteiger partial charge on any atom is -0.496 e. The van der Waals surface area contributed by atoms with Crippen LogP contribution >= 0.6 is 15.9 Å². The molecule has 2 nitrogen and oxygen atoms in total. The van der Waals surface area contributed by atoms with Crippen LogP contribution in [0.2, 0.25) is 0 Å². The highest BCUT2D eigenvalue weighted by molar-refractivity contribution is 9.10. The number of methoxy groups -OCH3 is 1. The minimum absolute atomic E-state index is 0.246. The predicted octanol–water partition coefficient (Wildman–Crippen LogP) is 3.91. The van der Waals surface area contributed by atoms with Gasteiger partial charge < -0.3 is 10.1 Å². The molecule has 0 aromatic heterocycles. The highest BCUT2D eigenvalue weighted by Crippen LogP contribution is 2.31. The third-order valence-corrected chi connectivity index (χ3v) is 3.51. The largest absolute Gasteiger partial charge is 0.496 e. The number of hydrogen-bond acceptors (Lipinski definition) is 2. The van der Waals surface area contributed by atoms with E-state index >= 15 is 0 Å². The van der Waals surface area contributed by atoms with Crippen LogP contribution in [0.25, 0.3) is 0 Å². The van der Waals surface area contributed by atoms with Crippen LogP contribution in [0.15, 0.2) is 46.9 Å². The first-order chi connectivity index (χ1) is 9.17. The van der Waals surface area contributed by atoms with E-state index in [1.54, 1.807) is 20.2 Å². The van der Waals surface area contributed by atoms with E-state index in [9.17, 15) is 4.39 Å². The molecule has 0 aliphatic rings. The molecular formula is C15H15BrFNO. The first kappa shape index (κ1) is 14.0. The molecule has 0 spiro atoms. The normalized spacial score (nSPS) is 12.2. The lowest BCUT2D eigenvalue weighted by Crippen LogP contribution is -2.19. The lowest BCUT2D eigenvalue weighted by molar-refractivity contribution is 0.404. The summed E-state index contributed by atoms with van der Waals surface area (Å²) in [6.07, 6.45) is 0. The molecule has 0 saturated heterocycles. The Labute approximate surface area is 120 Å². The van der Waals surface area contributed by atoms with Gasteiger partial charge in [0.25, 0.3) is 0 Å². The van der Waals surface area contributed by atoms with E-state index in [4.69, 9.17) is 4.74 Å². The van der Waals surface area contributed by atoms with Crippen molar-refractivity contribution in [2.45, 2.75) is 6.04 Å². The van der Waals surface area contributed by atoms with Gasteiger partial charge in [-0.05, 0) is 25.2 Å². The molecule has 0 aliphatic heterocycles. The second-order valence-electron chi connectivity index (χ2n) is 4.13. The van der Waals surface area contributed by atoms with Crippen LogP contribution in [-0.4, -0.2) is 14.2 Å². The van der Waals surface area contributed by atoms with Crippen LogP contribution in [0.1, 0.15) is 17.2 Å². The smallest absolute Gasteiger partial charge is 0.129 e. The van der Waals surface area contributed by atoms with E-state index in [0.717, 1.165) is 15.8 Å². The number of para-hydroxylation sites is 1. The highest BCUT2D eigenvalue weighted by atomic mass is 79.9. The number of halogens is 2. The molecule has 0 aliphatic carbocycles. The van der Waals surface area contributed by atoms with Crippen molar-refractivity contribution in [3.8, 4) is 5.75 Å². The SMILES string of the molecule is CNC(c1ccc(Br)cc1F)c1ccccc1OC. The third kappa shape index (κ3) is 2.96. The first-order valence-electron chi connectivity index (χ1n) is 5.92. The second kappa shape index (κ2) is 6.17. The molecule has 0 fully saturated rings. The maximum absolute atomic E-state index is 14.1. The van der Waals surface area contributed by atoms with Crippen molar-refractivity contribution in [3.05, 3.63) is 63.9 Å². The Balaban J connectivity index is 2.50. The average Bonchev–Trinajstić information content (AvgIpc) is 2.42. The standard InChI is InChI=1S/C15H15BrFNO/c1-18-15(11-8-7-10(16)9-13(11)17)12-5-3-4-6-14(12)19-2/h3-9,15,18H,1-2H3. The summed E-state index contributed by atoms with van der Waals surface area (Å²) in [5, 5.41) is 3.13. The van der Waals surface area contributed by atoms with Crippen LogP contribution in [0.5, 0.6) is 5.75 Å². The molecule has 2 aromatic carbocycles. The Bertz CT molecular complexity index is 574. The molecule has 1 atom stereocenters. The van der Waals surface area contributed by atoms with Crippen molar-refractivity contribution in [1.29, 1.82) is 0 Å². The molecule has 4 heteroatoms. The molecule has 19 heavy (non-hydrogen) atoms. The molecule has 1 unspecified atom stereocenters. The van der Waals surface area contributed by atoms with Gasteiger partial charge in [0.15, 0.2) is 0 Å². The van der Waals surface area contributed by atoms with E-state index in [0.29, 0.717) is 5.56 Å². The summed E-state index contributed by atoms with van der Waals surface area (Å²) in [6, 6.07) is 12.4. The number of hydrogen-bond donors (Lipinski definition) is 1. The van der Waals surface area contributed by atoms with Gasteiger partial charge in [0.2, 0.25) is 0 Å². The maximum Gasteiger partial charge on any atom is 0.129 e.